The van der Waals surface area contributed by atoms with Crippen molar-refractivity contribution in [2.75, 3.05) is 18.6 Å². The SMILES string of the molecule is CSC[CH]CCCN. The van der Waals surface area contributed by atoms with Gasteiger partial charge in [-0.25, -0.2) is 0 Å². The first-order valence-electron chi connectivity index (χ1n) is 2.92. The third-order valence-electron chi connectivity index (χ3n) is 0.897. The lowest BCUT2D eigenvalue weighted by Crippen LogP contribution is -1.98. The van der Waals surface area contributed by atoms with Crippen LogP contribution in [0.1, 0.15) is 12.8 Å². The molecule has 0 saturated heterocycles. The van der Waals surface area contributed by atoms with E-state index in [9.17, 15) is 0 Å². The van der Waals surface area contributed by atoms with E-state index in [0.717, 1.165) is 13.0 Å². The molecule has 0 atom stereocenters. The molecule has 2 N–H and O–H groups in total. The summed E-state index contributed by atoms with van der Waals surface area (Å²) >= 11 is 1.86. The Hall–Kier alpha value is 0.310. The van der Waals surface area contributed by atoms with E-state index in [1.165, 1.54) is 12.2 Å². The van der Waals surface area contributed by atoms with E-state index in [1.807, 2.05) is 11.8 Å². The summed E-state index contributed by atoms with van der Waals surface area (Å²) in [5.41, 5.74) is 5.28. The molecule has 0 aromatic heterocycles. The molecular weight excluding hydrogens is 118 g/mol. The Morgan fingerprint density at radius 2 is 2.38 bits per heavy atom. The maximum absolute atomic E-state index is 5.28. The van der Waals surface area contributed by atoms with Crippen molar-refractivity contribution in [2.45, 2.75) is 12.8 Å². The topological polar surface area (TPSA) is 26.0 Å². The summed E-state index contributed by atoms with van der Waals surface area (Å²) in [5, 5.41) is 0. The van der Waals surface area contributed by atoms with Crippen molar-refractivity contribution >= 4 is 11.8 Å². The van der Waals surface area contributed by atoms with Gasteiger partial charge in [0.1, 0.15) is 0 Å². The van der Waals surface area contributed by atoms with Gasteiger partial charge in [0.25, 0.3) is 0 Å². The summed E-state index contributed by atoms with van der Waals surface area (Å²) in [5.74, 6) is 1.17. The van der Waals surface area contributed by atoms with Gasteiger partial charge in [0.05, 0.1) is 0 Å². The monoisotopic (exact) mass is 132 g/mol. The Labute approximate surface area is 56.0 Å². The highest BCUT2D eigenvalue weighted by molar-refractivity contribution is 7.98. The molecule has 0 fully saturated rings. The first kappa shape index (κ1) is 8.31. The average molecular weight is 132 g/mol. The van der Waals surface area contributed by atoms with Crippen LogP contribution in [0, 0.1) is 6.42 Å². The lowest BCUT2D eigenvalue weighted by molar-refractivity contribution is 0.822. The zero-order valence-corrected chi connectivity index (χ0v) is 6.21. The second-order valence-electron chi connectivity index (χ2n) is 1.67. The number of hydrogen-bond donors (Lipinski definition) is 1. The second-order valence-corrected chi connectivity index (χ2v) is 2.59. The molecule has 0 aliphatic heterocycles. The van der Waals surface area contributed by atoms with Crippen LogP contribution < -0.4 is 5.73 Å². The summed E-state index contributed by atoms with van der Waals surface area (Å²) < 4.78 is 0. The van der Waals surface area contributed by atoms with Gasteiger partial charge in [-0.3, -0.25) is 0 Å². The standard InChI is InChI=1S/C6H14NS/c1-8-6-4-2-3-5-7/h4H,2-3,5-7H2,1H3. The minimum Gasteiger partial charge on any atom is -0.330 e. The summed E-state index contributed by atoms with van der Waals surface area (Å²) in [6, 6.07) is 0. The molecule has 0 heterocycles. The van der Waals surface area contributed by atoms with Crippen molar-refractivity contribution in [3.63, 3.8) is 0 Å². The summed E-state index contributed by atoms with van der Waals surface area (Å²) in [7, 11) is 0. The van der Waals surface area contributed by atoms with Crippen LogP contribution in [-0.2, 0) is 0 Å². The van der Waals surface area contributed by atoms with Gasteiger partial charge in [-0.2, -0.15) is 11.8 Å². The number of thioether (sulfide) groups is 1. The van der Waals surface area contributed by atoms with Gasteiger partial charge in [-0.15, -0.1) is 0 Å². The van der Waals surface area contributed by atoms with Gasteiger partial charge in [0.15, 0.2) is 0 Å². The average Bonchev–Trinajstić information content (AvgIpc) is 1.81. The molecule has 1 nitrogen and oxygen atoms in total. The molecule has 8 heavy (non-hydrogen) atoms. The molecular formula is C6H14NS. The number of nitrogens with two attached hydrogens (primary N) is 1. The van der Waals surface area contributed by atoms with Crippen LogP contribution in [0.15, 0.2) is 0 Å². The van der Waals surface area contributed by atoms with Crippen LogP contribution in [0.25, 0.3) is 0 Å². The summed E-state index contributed by atoms with van der Waals surface area (Å²) in [6.45, 7) is 0.824. The summed E-state index contributed by atoms with van der Waals surface area (Å²) in [4.78, 5) is 0. The van der Waals surface area contributed by atoms with Gasteiger partial charge in [0.2, 0.25) is 0 Å². The van der Waals surface area contributed by atoms with E-state index < -0.39 is 0 Å². The minimum absolute atomic E-state index is 0.824. The Balaban J connectivity index is 2.53. The van der Waals surface area contributed by atoms with Crippen LogP contribution in [0.4, 0.5) is 0 Å². The van der Waals surface area contributed by atoms with E-state index in [-0.39, 0.29) is 0 Å². The number of hydrogen-bond acceptors (Lipinski definition) is 2. The fraction of sp³-hybridized carbons (Fsp3) is 0.833. The Bertz CT molecular complexity index is 33.5. The highest BCUT2D eigenvalue weighted by atomic mass is 32.2. The van der Waals surface area contributed by atoms with Gasteiger partial charge in [0, 0.05) is 0 Å². The maximum atomic E-state index is 5.28. The Morgan fingerprint density at radius 1 is 1.62 bits per heavy atom. The quantitative estimate of drug-likeness (QED) is 0.570. The van der Waals surface area contributed by atoms with Crippen molar-refractivity contribution in [3.05, 3.63) is 6.42 Å². The number of unbranched alkanes of at least 4 members (excludes halogenated alkanes) is 2. The minimum atomic E-state index is 0.824. The van der Waals surface area contributed by atoms with Crippen LogP contribution in [-0.4, -0.2) is 18.6 Å². The predicted molar refractivity (Wildman–Crippen MR) is 41.0 cm³/mol. The van der Waals surface area contributed by atoms with Crippen LogP contribution >= 0.6 is 11.8 Å². The van der Waals surface area contributed by atoms with E-state index in [2.05, 4.69) is 12.7 Å². The second kappa shape index (κ2) is 7.31. The Morgan fingerprint density at radius 3 is 2.88 bits per heavy atom. The zero-order valence-electron chi connectivity index (χ0n) is 5.39. The summed E-state index contributed by atoms with van der Waals surface area (Å²) in [6.07, 6.45) is 6.70. The largest absolute Gasteiger partial charge is 0.330 e. The molecule has 2 heteroatoms. The third kappa shape index (κ3) is 6.31. The molecule has 1 radical (unpaired) electrons. The lowest BCUT2D eigenvalue weighted by atomic mass is 10.2. The predicted octanol–water partition coefficient (Wildman–Crippen LogP) is 1.29. The van der Waals surface area contributed by atoms with E-state index >= 15 is 0 Å². The zero-order chi connectivity index (χ0) is 6.24. The smallest absolute Gasteiger partial charge is 0.00390 e. The fourth-order valence-electron chi connectivity index (χ4n) is 0.463. The van der Waals surface area contributed by atoms with Gasteiger partial charge >= 0.3 is 0 Å². The van der Waals surface area contributed by atoms with Gasteiger partial charge in [-0.1, -0.05) is 0 Å². The molecule has 0 bridgehead atoms. The molecule has 49 valence electrons. The Kier molecular flexibility index (Phi) is 7.59. The van der Waals surface area contributed by atoms with Crippen LogP contribution in [0.3, 0.4) is 0 Å². The van der Waals surface area contributed by atoms with Crippen LogP contribution in [0.5, 0.6) is 0 Å². The molecule has 0 aromatic carbocycles. The van der Waals surface area contributed by atoms with Crippen molar-refractivity contribution < 1.29 is 0 Å². The molecule has 0 spiro atoms. The molecule has 0 aliphatic rings. The third-order valence-corrected chi connectivity index (χ3v) is 1.47. The first-order valence-corrected chi connectivity index (χ1v) is 4.32. The maximum Gasteiger partial charge on any atom is -0.00390 e. The van der Waals surface area contributed by atoms with Crippen molar-refractivity contribution in [3.8, 4) is 0 Å². The van der Waals surface area contributed by atoms with Gasteiger partial charge in [-0.05, 0) is 37.8 Å². The van der Waals surface area contributed by atoms with Crippen molar-refractivity contribution in [1.29, 1.82) is 0 Å². The van der Waals surface area contributed by atoms with Crippen molar-refractivity contribution in [1.82, 2.24) is 0 Å². The highest BCUT2D eigenvalue weighted by Gasteiger charge is 1.84. The fourth-order valence-corrected chi connectivity index (χ4v) is 0.866. The van der Waals surface area contributed by atoms with E-state index in [0.29, 0.717) is 0 Å². The molecule has 0 rings (SSSR count). The van der Waals surface area contributed by atoms with E-state index in [1.54, 1.807) is 0 Å². The normalized spacial score (nSPS) is 9.75. The first-order chi connectivity index (χ1) is 3.91. The molecule has 0 aromatic rings. The van der Waals surface area contributed by atoms with Crippen LogP contribution in [0.2, 0.25) is 0 Å². The van der Waals surface area contributed by atoms with Gasteiger partial charge < -0.3 is 5.73 Å². The number of rotatable bonds is 5. The molecule has 0 saturated carbocycles. The molecule has 0 aliphatic carbocycles. The molecule has 0 amide bonds. The van der Waals surface area contributed by atoms with Crippen molar-refractivity contribution in [2.24, 2.45) is 5.73 Å². The van der Waals surface area contributed by atoms with E-state index in [4.69, 9.17) is 5.73 Å². The molecule has 0 unspecified atom stereocenters. The lowest BCUT2D eigenvalue weighted by Gasteiger charge is -1.93. The highest BCUT2D eigenvalue weighted by Crippen LogP contribution is 1.98.